The van der Waals surface area contributed by atoms with E-state index in [9.17, 15) is 0 Å². The SMILES string of the molecule is CN1CC2c3ccccc3Cc3ccccc3N2C1. The van der Waals surface area contributed by atoms with Crippen LogP contribution in [0.4, 0.5) is 5.69 Å². The zero-order valence-corrected chi connectivity index (χ0v) is 11.2. The summed E-state index contributed by atoms with van der Waals surface area (Å²) in [5.74, 6) is 0. The molecule has 1 saturated heterocycles. The first-order chi connectivity index (χ1) is 9.33. The van der Waals surface area contributed by atoms with Crippen molar-refractivity contribution >= 4 is 5.69 Å². The average molecular weight is 250 g/mol. The number of rotatable bonds is 0. The third-order valence-corrected chi connectivity index (χ3v) is 4.35. The molecule has 1 fully saturated rings. The van der Waals surface area contributed by atoms with Gasteiger partial charge in [0, 0.05) is 12.2 Å². The van der Waals surface area contributed by atoms with E-state index in [1.165, 1.54) is 22.4 Å². The van der Waals surface area contributed by atoms with Gasteiger partial charge in [0.15, 0.2) is 0 Å². The van der Waals surface area contributed by atoms with Crippen molar-refractivity contribution in [3.05, 3.63) is 65.2 Å². The van der Waals surface area contributed by atoms with Crippen LogP contribution in [-0.4, -0.2) is 25.2 Å². The molecule has 2 aliphatic heterocycles. The molecule has 1 atom stereocenters. The van der Waals surface area contributed by atoms with Crippen molar-refractivity contribution in [2.75, 3.05) is 25.2 Å². The Balaban J connectivity index is 1.93. The van der Waals surface area contributed by atoms with Crippen molar-refractivity contribution in [2.45, 2.75) is 12.5 Å². The fourth-order valence-corrected chi connectivity index (χ4v) is 3.49. The van der Waals surface area contributed by atoms with E-state index in [4.69, 9.17) is 0 Å². The summed E-state index contributed by atoms with van der Waals surface area (Å²) in [5.41, 5.74) is 5.85. The Bertz CT molecular complexity index is 567. The molecule has 0 aromatic heterocycles. The minimum atomic E-state index is 0.504. The Hall–Kier alpha value is -1.80. The number of likely N-dealkylation sites (N-methyl/N-ethyl adjacent to an activating group) is 1. The Morgan fingerprint density at radius 2 is 1.68 bits per heavy atom. The average Bonchev–Trinajstić information content (AvgIpc) is 2.76. The van der Waals surface area contributed by atoms with Crippen LogP contribution < -0.4 is 4.90 Å². The molecule has 0 spiro atoms. The Kier molecular flexibility index (Phi) is 2.39. The maximum Gasteiger partial charge on any atom is 0.0712 e. The molecule has 0 amide bonds. The molecule has 0 N–H and O–H groups in total. The van der Waals surface area contributed by atoms with Gasteiger partial charge in [-0.05, 0) is 36.2 Å². The van der Waals surface area contributed by atoms with Crippen molar-refractivity contribution in [3.8, 4) is 0 Å². The normalized spacial score (nSPS) is 21.5. The van der Waals surface area contributed by atoms with Gasteiger partial charge in [-0.15, -0.1) is 0 Å². The number of para-hydroxylation sites is 1. The highest BCUT2D eigenvalue weighted by Gasteiger charge is 2.34. The number of hydrogen-bond acceptors (Lipinski definition) is 2. The van der Waals surface area contributed by atoms with Crippen LogP contribution in [0.15, 0.2) is 48.5 Å². The van der Waals surface area contributed by atoms with Gasteiger partial charge in [0.25, 0.3) is 0 Å². The van der Waals surface area contributed by atoms with Gasteiger partial charge in [0.1, 0.15) is 0 Å². The van der Waals surface area contributed by atoms with E-state index in [1.54, 1.807) is 0 Å². The quantitative estimate of drug-likeness (QED) is 0.709. The van der Waals surface area contributed by atoms with Crippen molar-refractivity contribution in [3.63, 3.8) is 0 Å². The van der Waals surface area contributed by atoms with Gasteiger partial charge < -0.3 is 4.90 Å². The Morgan fingerprint density at radius 1 is 0.947 bits per heavy atom. The third kappa shape index (κ3) is 1.67. The predicted octanol–water partition coefficient (Wildman–Crippen LogP) is 3.04. The number of fused-ring (bicyclic) bond motifs is 5. The largest absolute Gasteiger partial charge is 0.350 e. The van der Waals surface area contributed by atoms with Crippen LogP contribution in [0.3, 0.4) is 0 Å². The van der Waals surface area contributed by atoms with E-state index in [0.29, 0.717) is 6.04 Å². The summed E-state index contributed by atoms with van der Waals surface area (Å²) < 4.78 is 0. The standard InChI is InChI=1S/C17H18N2/c1-18-11-17-15-8-4-2-6-13(15)10-14-7-3-5-9-16(14)19(17)12-18/h2-9,17H,10-12H2,1H3. The highest BCUT2D eigenvalue weighted by Crippen LogP contribution is 2.39. The zero-order chi connectivity index (χ0) is 12.8. The van der Waals surface area contributed by atoms with E-state index < -0.39 is 0 Å². The molecule has 0 bridgehead atoms. The summed E-state index contributed by atoms with van der Waals surface area (Å²) in [4.78, 5) is 4.96. The second-order valence-corrected chi connectivity index (χ2v) is 5.67. The van der Waals surface area contributed by atoms with Gasteiger partial charge in [0.05, 0.1) is 12.7 Å². The van der Waals surface area contributed by atoms with Crippen LogP contribution in [0.5, 0.6) is 0 Å². The Morgan fingerprint density at radius 3 is 2.58 bits per heavy atom. The van der Waals surface area contributed by atoms with Gasteiger partial charge in [-0.2, -0.15) is 0 Å². The molecule has 2 aromatic rings. The molecule has 2 aromatic carbocycles. The minimum absolute atomic E-state index is 0.504. The maximum atomic E-state index is 2.56. The van der Waals surface area contributed by atoms with E-state index in [1.807, 2.05) is 0 Å². The summed E-state index contributed by atoms with van der Waals surface area (Å²) in [5, 5.41) is 0. The summed E-state index contributed by atoms with van der Waals surface area (Å²) in [6.07, 6.45) is 1.06. The molecular formula is C17H18N2. The van der Waals surface area contributed by atoms with Crippen LogP contribution in [0, 0.1) is 0 Å². The van der Waals surface area contributed by atoms with Crippen molar-refractivity contribution < 1.29 is 0 Å². The molecule has 2 heterocycles. The lowest BCUT2D eigenvalue weighted by Crippen LogP contribution is -2.24. The smallest absolute Gasteiger partial charge is 0.0712 e. The lowest BCUT2D eigenvalue weighted by atomic mass is 9.97. The first kappa shape index (κ1) is 11.1. The summed E-state index contributed by atoms with van der Waals surface area (Å²) in [6.45, 7) is 2.14. The number of nitrogens with zero attached hydrogens (tertiary/aromatic N) is 2. The molecule has 0 aliphatic carbocycles. The van der Waals surface area contributed by atoms with Gasteiger partial charge in [-0.1, -0.05) is 42.5 Å². The number of hydrogen-bond donors (Lipinski definition) is 0. The van der Waals surface area contributed by atoms with E-state index in [-0.39, 0.29) is 0 Å². The van der Waals surface area contributed by atoms with E-state index in [2.05, 4.69) is 65.4 Å². The van der Waals surface area contributed by atoms with Crippen LogP contribution >= 0.6 is 0 Å². The van der Waals surface area contributed by atoms with Crippen LogP contribution in [0.2, 0.25) is 0 Å². The predicted molar refractivity (Wildman–Crippen MR) is 78.4 cm³/mol. The molecular weight excluding hydrogens is 232 g/mol. The summed E-state index contributed by atoms with van der Waals surface area (Å²) >= 11 is 0. The molecule has 4 rings (SSSR count). The monoisotopic (exact) mass is 250 g/mol. The topological polar surface area (TPSA) is 6.48 Å². The summed E-state index contributed by atoms with van der Waals surface area (Å²) in [7, 11) is 2.21. The van der Waals surface area contributed by atoms with Crippen LogP contribution in [0.1, 0.15) is 22.7 Å². The van der Waals surface area contributed by atoms with Crippen molar-refractivity contribution in [2.24, 2.45) is 0 Å². The molecule has 2 aliphatic rings. The number of anilines is 1. The van der Waals surface area contributed by atoms with Crippen molar-refractivity contribution in [1.29, 1.82) is 0 Å². The zero-order valence-electron chi connectivity index (χ0n) is 11.2. The van der Waals surface area contributed by atoms with Crippen LogP contribution in [-0.2, 0) is 6.42 Å². The van der Waals surface area contributed by atoms with Gasteiger partial charge in [-0.25, -0.2) is 0 Å². The summed E-state index contributed by atoms with van der Waals surface area (Å²) in [6, 6.07) is 18.3. The molecule has 0 saturated carbocycles. The second-order valence-electron chi connectivity index (χ2n) is 5.67. The van der Waals surface area contributed by atoms with Gasteiger partial charge in [0.2, 0.25) is 0 Å². The minimum Gasteiger partial charge on any atom is -0.350 e. The maximum absolute atomic E-state index is 2.56. The van der Waals surface area contributed by atoms with E-state index in [0.717, 1.165) is 19.6 Å². The molecule has 1 unspecified atom stereocenters. The molecule has 96 valence electrons. The van der Waals surface area contributed by atoms with Gasteiger partial charge in [-0.3, -0.25) is 4.90 Å². The lowest BCUT2D eigenvalue weighted by Gasteiger charge is -2.25. The molecule has 2 heteroatoms. The van der Waals surface area contributed by atoms with E-state index >= 15 is 0 Å². The lowest BCUT2D eigenvalue weighted by molar-refractivity contribution is 0.411. The second kappa shape index (κ2) is 4.10. The fourth-order valence-electron chi connectivity index (χ4n) is 3.49. The molecule has 0 radical (unpaired) electrons. The molecule has 19 heavy (non-hydrogen) atoms. The highest BCUT2D eigenvalue weighted by molar-refractivity contribution is 5.61. The fraction of sp³-hybridized carbons (Fsp3) is 0.294. The first-order valence-electron chi connectivity index (χ1n) is 6.94. The third-order valence-electron chi connectivity index (χ3n) is 4.35. The van der Waals surface area contributed by atoms with Crippen LogP contribution in [0.25, 0.3) is 0 Å². The Labute approximate surface area is 114 Å². The number of benzene rings is 2. The molecule has 2 nitrogen and oxygen atoms in total. The first-order valence-corrected chi connectivity index (χ1v) is 6.94. The van der Waals surface area contributed by atoms with Crippen molar-refractivity contribution in [1.82, 2.24) is 4.90 Å². The van der Waals surface area contributed by atoms with Gasteiger partial charge >= 0.3 is 0 Å². The highest BCUT2D eigenvalue weighted by atomic mass is 15.4.